The van der Waals surface area contributed by atoms with Crippen LogP contribution in [0.1, 0.15) is 17.6 Å². The molecule has 0 aliphatic carbocycles. The zero-order valence-electron chi connectivity index (χ0n) is 13.2. The Labute approximate surface area is 138 Å². The number of carbonyl (C=O) groups is 2. The van der Waals surface area contributed by atoms with Gasteiger partial charge in [-0.2, -0.15) is 0 Å². The molecule has 7 nitrogen and oxygen atoms in total. The predicted molar refractivity (Wildman–Crippen MR) is 88.1 cm³/mol. The molecule has 0 saturated carbocycles. The second-order valence-electron chi connectivity index (χ2n) is 5.03. The molecule has 0 bridgehead atoms. The summed E-state index contributed by atoms with van der Waals surface area (Å²) < 4.78 is 4.89. The number of thiophene rings is 1. The summed E-state index contributed by atoms with van der Waals surface area (Å²) >= 11 is 1.60. The van der Waals surface area contributed by atoms with Crippen LogP contribution >= 0.6 is 11.3 Å². The fraction of sp³-hybridized carbons (Fsp3) is 0.400. The van der Waals surface area contributed by atoms with E-state index in [1.54, 1.807) is 29.2 Å². The number of hydrogen-bond donors (Lipinski definition) is 2. The first-order chi connectivity index (χ1) is 11.1. The third-order valence-corrected chi connectivity index (χ3v) is 3.99. The van der Waals surface area contributed by atoms with Crippen molar-refractivity contribution in [3.63, 3.8) is 0 Å². The lowest BCUT2D eigenvalue weighted by Crippen LogP contribution is -2.40. The van der Waals surface area contributed by atoms with E-state index in [1.807, 2.05) is 24.4 Å². The van der Waals surface area contributed by atoms with E-state index in [2.05, 4.69) is 15.8 Å². The molecule has 0 spiro atoms. The van der Waals surface area contributed by atoms with Gasteiger partial charge in [0.25, 0.3) is 0 Å². The number of nitrogens with one attached hydrogen (secondary N) is 2. The lowest BCUT2D eigenvalue weighted by molar-refractivity contribution is -0.123. The lowest BCUT2D eigenvalue weighted by Gasteiger charge is -2.18. The molecule has 0 aliphatic heterocycles. The highest BCUT2D eigenvalue weighted by molar-refractivity contribution is 7.09. The number of nitrogens with zero attached hydrogens (tertiary/aromatic N) is 2. The van der Waals surface area contributed by atoms with Crippen LogP contribution in [0.5, 0.6) is 0 Å². The van der Waals surface area contributed by atoms with Gasteiger partial charge < -0.3 is 15.2 Å². The normalized spacial score (nSPS) is 10.7. The predicted octanol–water partition coefficient (Wildman–Crippen LogP) is 1.62. The van der Waals surface area contributed by atoms with E-state index in [0.717, 1.165) is 4.88 Å². The van der Waals surface area contributed by atoms with Gasteiger partial charge >= 0.3 is 0 Å². The minimum Gasteiger partial charge on any atom is -0.360 e. The van der Waals surface area contributed by atoms with E-state index >= 15 is 0 Å². The van der Waals surface area contributed by atoms with Gasteiger partial charge in [-0.1, -0.05) is 18.1 Å². The van der Waals surface area contributed by atoms with E-state index in [9.17, 15) is 9.59 Å². The molecule has 0 unspecified atom stereocenters. The van der Waals surface area contributed by atoms with Gasteiger partial charge in [0.05, 0.1) is 19.6 Å². The Balaban J connectivity index is 1.75. The third-order valence-electron chi connectivity index (χ3n) is 3.12. The van der Waals surface area contributed by atoms with E-state index in [1.165, 1.54) is 0 Å². The van der Waals surface area contributed by atoms with Crippen molar-refractivity contribution in [1.29, 1.82) is 0 Å². The number of amides is 2. The van der Waals surface area contributed by atoms with E-state index in [-0.39, 0.29) is 24.9 Å². The molecule has 2 N–H and O–H groups in total. The van der Waals surface area contributed by atoms with Crippen molar-refractivity contribution in [2.45, 2.75) is 20.4 Å². The molecule has 2 aromatic rings. The molecule has 0 radical (unpaired) electrons. The van der Waals surface area contributed by atoms with Gasteiger partial charge in [0, 0.05) is 10.9 Å². The van der Waals surface area contributed by atoms with Crippen LogP contribution in [0.25, 0.3) is 0 Å². The molecule has 0 aliphatic rings. The minimum absolute atomic E-state index is 0.106. The molecule has 0 atom stereocenters. The summed E-state index contributed by atoms with van der Waals surface area (Å²) in [5.41, 5.74) is 0. The van der Waals surface area contributed by atoms with Gasteiger partial charge in [0.1, 0.15) is 5.76 Å². The number of carbonyl (C=O) groups excluding carboxylic acids is 2. The molecule has 0 saturated heterocycles. The molecular weight excluding hydrogens is 316 g/mol. The summed E-state index contributed by atoms with van der Waals surface area (Å²) in [5, 5.41) is 11.2. The summed E-state index contributed by atoms with van der Waals surface area (Å²) in [6.45, 7) is 5.05. The number of hydrogen-bond acceptors (Lipinski definition) is 6. The summed E-state index contributed by atoms with van der Waals surface area (Å²) in [6.07, 6.45) is 0. The Morgan fingerprint density at radius 2 is 2.13 bits per heavy atom. The minimum atomic E-state index is -0.230. The number of rotatable bonds is 8. The summed E-state index contributed by atoms with van der Waals surface area (Å²) in [5.74, 6) is 0.669. The van der Waals surface area contributed by atoms with Gasteiger partial charge in [-0.25, -0.2) is 0 Å². The first-order valence-corrected chi connectivity index (χ1v) is 8.19. The van der Waals surface area contributed by atoms with Crippen LogP contribution in [0.2, 0.25) is 0 Å². The number of aryl methyl sites for hydroxylation is 1. The van der Waals surface area contributed by atoms with E-state index in [0.29, 0.717) is 24.7 Å². The summed E-state index contributed by atoms with van der Waals surface area (Å²) in [4.78, 5) is 26.7. The first-order valence-electron chi connectivity index (χ1n) is 7.31. The van der Waals surface area contributed by atoms with Crippen LogP contribution in [-0.4, -0.2) is 41.5 Å². The molecule has 0 fully saturated rings. The standard InChI is InChI=1S/C15H20N4O3S/c1-3-19(9-14(20)16-8-12-5-4-6-23-12)10-15(21)17-13-7-11(2)22-18-13/h4-7H,3,8-10H2,1-2H3,(H,16,20)(H,17,18,21). The molecule has 8 heteroatoms. The Morgan fingerprint density at radius 3 is 2.74 bits per heavy atom. The van der Waals surface area contributed by atoms with Crippen molar-refractivity contribution in [2.24, 2.45) is 0 Å². The zero-order valence-corrected chi connectivity index (χ0v) is 14.0. The molecule has 2 rings (SSSR count). The van der Waals surface area contributed by atoms with Crippen LogP contribution in [0.3, 0.4) is 0 Å². The number of anilines is 1. The van der Waals surface area contributed by atoms with Crippen molar-refractivity contribution in [3.8, 4) is 0 Å². The molecule has 124 valence electrons. The molecule has 0 aromatic carbocycles. The fourth-order valence-corrected chi connectivity index (χ4v) is 2.59. The highest BCUT2D eigenvalue weighted by Gasteiger charge is 2.14. The SMILES string of the molecule is CCN(CC(=O)NCc1cccs1)CC(=O)Nc1cc(C)on1. The van der Waals surface area contributed by atoms with Gasteiger partial charge in [0.15, 0.2) is 5.82 Å². The molecule has 2 heterocycles. The van der Waals surface area contributed by atoms with Gasteiger partial charge in [0.2, 0.25) is 11.8 Å². The monoisotopic (exact) mass is 336 g/mol. The van der Waals surface area contributed by atoms with Gasteiger partial charge in [-0.3, -0.25) is 14.5 Å². The first kappa shape index (κ1) is 17.2. The Morgan fingerprint density at radius 1 is 1.35 bits per heavy atom. The summed E-state index contributed by atoms with van der Waals surface area (Å²) in [7, 11) is 0. The second kappa shape index (κ2) is 8.44. The number of aromatic nitrogens is 1. The average molecular weight is 336 g/mol. The quantitative estimate of drug-likeness (QED) is 0.765. The maximum atomic E-state index is 12.0. The third kappa shape index (κ3) is 5.84. The molecular formula is C15H20N4O3S. The Kier molecular flexibility index (Phi) is 6.30. The van der Waals surface area contributed by atoms with Crippen LogP contribution in [0.4, 0.5) is 5.82 Å². The van der Waals surface area contributed by atoms with Crippen LogP contribution in [0, 0.1) is 6.92 Å². The van der Waals surface area contributed by atoms with Crippen LogP contribution in [0.15, 0.2) is 28.1 Å². The van der Waals surface area contributed by atoms with Crippen molar-refractivity contribution < 1.29 is 14.1 Å². The zero-order chi connectivity index (χ0) is 16.7. The Hall–Kier alpha value is -2.19. The summed E-state index contributed by atoms with van der Waals surface area (Å²) in [6, 6.07) is 5.55. The number of likely N-dealkylation sites (N-methyl/N-ethyl adjacent to an activating group) is 1. The maximum absolute atomic E-state index is 12.0. The maximum Gasteiger partial charge on any atom is 0.239 e. The topological polar surface area (TPSA) is 87.5 Å². The average Bonchev–Trinajstić information content (AvgIpc) is 3.16. The van der Waals surface area contributed by atoms with Crippen molar-refractivity contribution in [1.82, 2.24) is 15.4 Å². The fourth-order valence-electron chi connectivity index (χ4n) is 1.95. The van der Waals surface area contributed by atoms with Crippen molar-refractivity contribution >= 4 is 29.0 Å². The Bertz CT molecular complexity index is 639. The highest BCUT2D eigenvalue weighted by Crippen LogP contribution is 2.08. The largest absolute Gasteiger partial charge is 0.360 e. The van der Waals surface area contributed by atoms with Crippen molar-refractivity contribution in [3.05, 3.63) is 34.2 Å². The van der Waals surface area contributed by atoms with E-state index < -0.39 is 0 Å². The molecule has 2 amide bonds. The van der Waals surface area contributed by atoms with Gasteiger partial charge in [-0.15, -0.1) is 11.3 Å². The second-order valence-corrected chi connectivity index (χ2v) is 6.06. The molecule has 23 heavy (non-hydrogen) atoms. The molecule has 2 aromatic heterocycles. The van der Waals surface area contributed by atoms with Crippen molar-refractivity contribution in [2.75, 3.05) is 25.0 Å². The van der Waals surface area contributed by atoms with Gasteiger partial charge in [-0.05, 0) is 24.9 Å². The lowest BCUT2D eigenvalue weighted by atomic mass is 10.4. The van der Waals surface area contributed by atoms with Crippen LogP contribution < -0.4 is 10.6 Å². The van der Waals surface area contributed by atoms with E-state index in [4.69, 9.17) is 4.52 Å². The highest BCUT2D eigenvalue weighted by atomic mass is 32.1. The smallest absolute Gasteiger partial charge is 0.239 e. The van der Waals surface area contributed by atoms with Crippen LogP contribution in [-0.2, 0) is 16.1 Å².